The predicted octanol–water partition coefficient (Wildman–Crippen LogP) is 5.25. The van der Waals surface area contributed by atoms with Gasteiger partial charge in [0.05, 0.1) is 5.69 Å². The summed E-state index contributed by atoms with van der Waals surface area (Å²) in [5, 5.41) is 3.31. The normalized spacial score (nSPS) is 21.4. The minimum Gasteiger partial charge on any atom is -0.379 e. The van der Waals surface area contributed by atoms with Gasteiger partial charge in [0.25, 0.3) is 0 Å². The van der Waals surface area contributed by atoms with Crippen LogP contribution in [0.4, 0.5) is 10.1 Å². The first-order valence-corrected chi connectivity index (χ1v) is 7.70. The quantitative estimate of drug-likeness (QED) is 0.808. The van der Waals surface area contributed by atoms with Crippen LogP contribution in [0, 0.1) is 12.7 Å². The molecule has 0 aliphatic heterocycles. The maximum absolute atomic E-state index is 13.8. The van der Waals surface area contributed by atoms with Gasteiger partial charge in [0.2, 0.25) is 0 Å². The molecule has 0 saturated heterocycles. The summed E-state index contributed by atoms with van der Waals surface area (Å²) in [6.45, 7) is 2.16. The van der Waals surface area contributed by atoms with Gasteiger partial charge in [-0.25, -0.2) is 4.39 Å². The van der Waals surface area contributed by atoms with E-state index in [1.807, 2.05) is 6.07 Å². The summed E-state index contributed by atoms with van der Waals surface area (Å²) in [4.78, 5) is 0. The van der Waals surface area contributed by atoms with Gasteiger partial charge in [-0.3, -0.25) is 0 Å². The molecule has 0 heterocycles. The largest absolute Gasteiger partial charge is 0.379 e. The average molecular weight is 334 g/mol. The maximum Gasteiger partial charge on any atom is 0.147 e. The zero-order valence-corrected chi connectivity index (χ0v) is 13.0. The van der Waals surface area contributed by atoms with Crippen molar-refractivity contribution < 1.29 is 4.39 Å². The first-order valence-electron chi connectivity index (χ1n) is 6.91. The Hall–Kier alpha value is -1.35. The van der Waals surface area contributed by atoms with E-state index >= 15 is 0 Å². The summed E-state index contributed by atoms with van der Waals surface area (Å²) in [5.74, 6) is 0.401. The Morgan fingerprint density at radius 3 is 2.55 bits per heavy atom. The molecule has 2 aromatic carbocycles. The summed E-state index contributed by atoms with van der Waals surface area (Å²) in [5.41, 5.74) is 3.36. The fourth-order valence-corrected chi connectivity index (χ4v) is 3.33. The van der Waals surface area contributed by atoms with E-state index in [1.54, 1.807) is 6.07 Å². The maximum atomic E-state index is 13.8. The standard InChI is InChI=1S/C17H17BrFN/c1-11-5-2-3-6-14(11)12-9-13(10-12)20-17-15(18)7-4-8-16(17)19/h2-8,12-13,20H,9-10H2,1H3. The Morgan fingerprint density at radius 1 is 1.10 bits per heavy atom. The number of hydrogen-bond acceptors (Lipinski definition) is 1. The summed E-state index contributed by atoms with van der Waals surface area (Å²) >= 11 is 3.40. The van der Waals surface area contributed by atoms with Crippen LogP contribution in [0.1, 0.15) is 29.9 Å². The van der Waals surface area contributed by atoms with Crippen molar-refractivity contribution in [3.05, 3.63) is 63.9 Å². The van der Waals surface area contributed by atoms with Gasteiger partial charge in [-0.1, -0.05) is 30.3 Å². The summed E-state index contributed by atoms with van der Waals surface area (Å²) < 4.78 is 14.6. The van der Waals surface area contributed by atoms with Crippen LogP contribution in [0.2, 0.25) is 0 Å². The molecule has 1 saturated carbocycles. The molecule has 3 heteroatoms. The van der Waals surface area contributed by atoms with E-state index < -0.39 is 0 Å². The zero-order valence-electron chi connectivity index (χ0n) is 11.4. The lowest BCUT2D eigenvalue weighted by atomic mass is 9.74. The SMILES string of the molecule is Cc1ccccc1C1CC(Nc2c(F)cccc2Br)C1. The second-order valence-electron chi connectivity index (χ2n) is 5.46. The minimum absolute atomic E-state index is 0.196. The Morgan fingerprint density at radius 2 is 1.85 bits per heavy atom. The molecule has 1 fully saturated rings. The average Bonchev–Trinajstić information content (AvgIpc) is 2.37. The second kappa shape index (κ2) is 5.57. The third-order valence-corrected chi connectivity index (χ3v) is 4.74. The third-order valence-electron chi connectivity index (χ3n) is 4.08. The molecule has 1 nitrogen and oxygen atoms in total. The lowest BCUT2D eigenvalue weighted by Crippen LogP contribution is -2.34. The highest BCUT2D eigenvalue weighted by atomic mass is 79.9. The van der Waals surface area contributed by atoms with E-state index in [-0.39, 0.29) is 5.82 Å². The van der Waals surface area contributed by atoms with Gasteiger partial charge in [-0.2, -0.15) is 0 Å². The van der Waals surface area contributed by atoms with Crippen LogP contribution >= 0.6 is 15.9 Å². The molecule has 0 bridgehead atoms. The molecule has 3 rings (SSSR count). The summed E-state index contributed by atoms with van der Waals surface area (Å²) in [6, 6.07) is 13.9. The molecule has 0 unspecified atom stereocenters. The van der Waals surface area contributed by atoms with Crippen molar-refractivity contribution in [3.8, 4) is 0 Å². The fourth-order valence-electron chi connectivity index (χ4n) is 2.87. The highest BCUT2D eigenvalue weighted by molar-refractivity contribution is 9.10. The lowest BCUT2D eigenvalue weighted by Gasteiger charge is -2.37. The smallest absolute Gasteiger partial charge is 0.147 e. The number of halogens is 2. The Balaban J connectivity index is 1.66. The molecule has 1 aliphatic carbocycles. The van der Waals surface area contributed by atoms with E-state index in [0.29, 0.717) is 17.6 Å². The van der Waals surface area contributed by atoms with Crippen molar-refractivity contribution in [3.63, 3.8) is 0 Å². The number of hydrogen-bond donors (Lipinski definition) is 1. The van der Waals surface area contributed by atoms with Crippen LogP contribution in [0.25, 0.3) is 0 Å². The van der Waals surface area contributed by atoms with Crippen LogP contribution in [0.3, 0.4) is 0 Å². The fraction of sp³-hybridized carbons (Fsp3) is 0.294. The number of rotatable bonds is 3. The number of benzene rings is 2. The van der Waals surface area contributed by atoms with Gasteiger partial charge in [0.15, 0.2) is 0 Å². The molecule has 2 aromatic rings. The van der Waals surface area contributed by atoms with Gasteiger partial charge >= 0.3 is 0 Å². The van der Waals surface area contributed by atoms with Crippen molar-refractivity contribution in [2.45, 2.75) is 31.7 Å². The molecule has 0 aromatic heterocycles. The number of nitrogens with one attached hydrogen (secondary N) is 1. The van der Waals surface area contributed by atoms with Crippen molar-refractivity contribution in [1.29, 1.82) is 0 Å². The first kappa shape index (κ1) is 13.6. The highest BCUT2D eigenvalue weighted by Gasteiger charge is 2.31. The predicted molar refractivity (Wildman–Crippen MR) is 84.7 cm³/mol. The molecule has 1 aliphatic rings. The molecule has 1 N–H and O–H groups in total. The van der Waals surface area contributed by atoms with Gasteiger partial charge in [0.1, 0.15) is 5.82 Å². The summed E-state index contributed by atoms with van der Waals surface area (Å²) in [6.07, 6.45) is 2.12. The van der Waals surface area contributed by atoms with Gasteiger partial charge in [-0.15, -0.1) is 0 Å². The van der Waals surface area contributed by atoms with Crippen molar-refractivity contribution in [1.82, 2.24) is 0 Å². The van der Waals surface area contributed by atoms with E-state index in [2.05, 4.69) is 52.4 Å². The van der Waals surface area contributed by atoms with E-state index in [4.69, 9.17) is 0 Å². The van der Waals surface area contributed by atoms with Crippen LogP contribution in [0.15, 0.2) is 46.9 Å². The van der Waals surface area contributed by atoms with Crippen molar-refractivity contribution >= 4 is 21.6 Å². The number of aryl methyl sites for hydroxylation is 1. The van der Waals surface area contributed by atoms with Crippen LogP contribution in [0.5, 0.6) is 0 Å². The van der Waals surface area contributed by atoms with Gasteiger partial charge in [-0.05, 0) is 64.9 Å². The molecule has 0 spiro atoms. The first-order chi connectivity index (χ1) is 9.65. The third kappa shape index (κ3) is 2.59. The highest BCUT2D eigenvalue weighted by Crippen LogP contribution is 2.40. The second-order valence-corrected chi connectivity index (χ2v) is 6.32. The van der Waals surface area contributed by atoms with Gasteiger partial charge < -0.3 is 5.32 Å². The molecule has 0 atom stereocenters. The molecule has 0 amide bonds. The lowest BCUT2D eigenvalue weighted by molar-refractivity contribution is 0.371. The van der Waals surface area contributed by atoms with Crippen LogP contribution in [-0.4, -0.2) is 6.04 Å². The minimum atomic E-state index is -0.196. The monoisotopic (exact) mass is 333 g/mol. The zero-order chi connectivity index (χ0) is 14.1. The van der Waals surface area contributed by atoms with Crippen molar-refractivity contribution in [2.24, 2.45) is 0 Å². The number of anilines is 1. The molecule has 20 heavy (non-hydrogen) atoms. The number of para-hydroxylation sites is 1. The molecule has 0 radical (unpaired) electrons. The molecular weight excluding hydrogens is 317 g/mol. The topological polar surface area (TPSA) is 12.0 Å². The van der Waals surface area contributed by atoms with E-state index in [1.165, 1.54) is 17.2 Å². The Kier molecular flexibility index (Phi) is 3.79. The Labute approximate surface area is 127 Å². The van der Waals surface area contributed by atoms with Gasteiger partial charge in [0, 0.05) is 10.5 Å². The molecule has 104 valence electrons. The summed E-state index contributed by atoms with van der Waals surface area (Å²) in [7, 11) is 0. The Bertz CT molecular complexity index is 600. The molecular formula is C17H17BrFN. The van der Waals surface area contributed by atoms with E-state index in [9.17, 15) is 4.39 Å². The van der Waals surface area contributed by atoms with Crippen molar-refractivity contribution in [2.75, 3.05) is 5.32 Å². The van der Waals surface area contributed by atoms with Crippen LogP contribution in [-0.2, 0) is 0 Å². The van der Waals surface area contributed by atoms with Crippen LogP contribution < -0.4 is 5.32 Å². The van der Waals surface area contributed by atoms with E-state index in [0.717, 1.165) is 17.3 Å².